The van der Waals surface area contributed by atoms with E-state index < -0.39 is 6.04 Å². The molecule has 1 fully saturated rings. The van der Waals surface area contributed by atoms with Crippen molar-refractivity contribution in [1.29, 1.82) is 0 Å². The van der Waals surface area contributed by atoms with Crippen molar-refractivity contribution < 1.29 is 9.90 Å². The third-order valence-corrected chi connectivity index (χ3v) is 3.73. The van der Waals surface area contributed by atoms with E-state index >= 15 is 0 Å². The molecule has 0 radical (unpaired) electrons. The van der Waals surface area contributed by atoms with Crippen LogP contribution in [-0.4, -0.2) is 36.8 Å². The van der Waals surface area contributed by atoms with Gasteiger partial charge >= 0.3 is 0 Å². The van der Waals surface area contributed by atoms with Crippen molar-refractivity contribution in [3.8, 4) is 0 Å². The number of nitrogens with zero attached hydrogens (tertiary/aromatic N) is 1. The Labute approximate surface area is 115 Å². The van der Waals surface area contributed by atoms with Gasteiger partial charge < -0.3 is 15.3 Å². The first kappa shape index (κ1) is 13.5. The summed E-state index contributed by atoms with van der Waals surface area (Å²) in [7, 11) is 0. The number of anilines is 1. The lowest BCUT2D eigenvalue weighted by Crippen LogP contribution is -2.46. The summed E-state index contributed by atoms with van der Waals surface area (Å²) < 4.78 is 0.912. The fourth-order valence-electron chi connectivity index (χ4n) is 2.11. The standard InChI is InChI=1S/C13H17BrN2O2/c1-9-3-4-12(10(14)7-9)16-6-2-5-15-11(8-17)13(16)18/h3-4,7,11,15,17H,2,5-6,8H2,1H3. The lowest BCUT2D eigenvalue weighted by atomic mass is 10.2. The summed E-state index contributed by atoms with van der Waals surface area (Å²) in [6.45, 7) is 3.26. The summed E-state index contributed by atoms with van der Waals surface area (Å²) in [6.07, 6.45) is 0.878. The van der Waals surface area contributed by atoms with Crippen LogP contribution in [0.2, 0.25) is 0 Å². The highest BCUT2D eigenvalue weighted by Crippen LogP contribution is 2.28. The summed E-state index contributed by atoms with van der Waals surface area (Å²) in [6, 6.07) is 5.42. The molecular weight excluding hydrogens is 296 g/mol. The number of benzene rings is 1. The fraction of sp³-hybridized carbons (Fsp3) is 0.462. The normalized spacial score (nSPS) is 20.9. The Morgan fingerprint density at radius 3 is 3.00 bits per heavy atom. The highest BCUT2D eigenvalue weighted by Gasteiger charge is 2.27. The number of nitrogens with one attached hydrogen (secondary N) is 1. The van der Waals surface area contributed by atoms with E-state index in [4.69, 9.17) is 0 Å². The Morgan fingerprint density at radius 2 is 2.33 bits per heavy atom. The molecule has 98 valence electrons. The first-order valence-corrected chi connectivity index (χ1v) is 6.84. The van der Waals surface area contributed by atoms with Gasteiger partial charge in [-0.25, -0.2) is 0 Å². The summed E-state index contributed by atoms with van der Waals surface area (Å²) in [5.41, 5.74) is 2.01. The number of hydrogen-bond donors (Lipinski definition) is 2. The van der Waals surface area contributed by atoms with Crippen molar-refractivity contribution in [2.75, 3.05) is 24.6 Å². The molecule has 1 amide bonds. The minimum atomic E-state index is -0.499. The topological polar surface area (TPSA) is 52.6 Å². The summed E-state index contributed by atoms with van der Waals surface area (Å²) in [5.74, 6) is -0.0699. The average Bonchev–Trinajstić information content (AvgIpc) is 2.52. The first-order chi connectivity index (χ1) is 8.63. The third kappa shape index (κ3) is 2.74. The van der Waals surface area contributed by atoms with Crippen LogP contribution in [0, 0.1) is 6.92 Å². The number of carbonyl (C=O) groups excluding carboxylic acids is 1. The molecule has 2 rings (SSSR count). The van der Waals surface area contributed by atoms with E-state index in [-0.39, 0.29) is 12.5 Å². The van der Waals surface area contributed by atoms with Crippen LogP contribution in [0.15, 0.2) is 22.7 Å². The van der Waals surface area contributed by atoms with Crippen LogP contribution in [0.1, 0.15) is 12.0 Å². The quantitative estimate of drug-likeness (QED) is 0.869. The SMILES string of the molecule is Cc1ccc(N2CCCNC(CO)C2=O)c(Br)c1. The molecule has 0 aliphatic carbocycles. The van der Waals surface area contributed by atoms with Crippen LogP contribution in [0.3, 0.4) is 0 Å². The number of aliphatic hydroxyl groups is 1. The molecule has 5 heteroatoms. The molecule has 4 nitrogen and oxygen atoms in total. The van der Waals surface area contributed by atoms with E-state index in [0.29, 0.717) is 6.54 Å². The molecule has 0 spiro atoms. The lowest BCUT2D eigenvalue weighted by Gasteiger charge is -2.24. The first-order valence-electron chi connectivity index (χ1n) is 6.05. The number of carbonyl (C=O) groups is 1. The van der Waals surface area contributed by atoms with E-state index in [9.17, 15) is 9.90 Å². The summed E-state index contributed by atoms with van der Waals surface area (Å²) in [5, 5.41) is 12.3. The van der Waals surface area contributed by atoms with Crippen molar-refractivity contribution >= 4 is 27.5 Å². The van der Waals surface area contributed by atoms with Crippen molar-refractivity contribution in [3.63, 3.8) is 0 Å². The molecule has 1 heterocycles. The Morgan fingerprint density at radius 1 is 1.56 bits per heavy atom. The third-order valence-electron chi connectivity index (χ3n) is 3.09. The number of halogens is 1. The highest BCUT2D eigenvalue weighted by atomic mass is 79.9. The predicted octanol–water partition coefficient (Wildman–Crippen LogP) is 1.44. The number of aliphatic hydroxyl groups excluding tert-OH is 1. The molecule has 0 saturated carbocycles. The second-order valence-corrected chi connectivity index (χ2v) is 5.34. The van der Waals surface area contributed by atoms with Gasteiger partial charge in [0.05, 0.1) is 12.3 Å². The van der Waals surface area contributed by atoms with Crippen LogP contribution in [0.5, 0.6) is 0 Å². The molecule has 1 aromatic carbocycles. The van der Waals surface area contributed by atoms with Crippen molar-refractivity contribution in [3.05, 3.63) is 28.2 Å². The molecule has 0 aromatic heterocycles. The molecule has 1 unspecified atom stereocenters. The number of amides is 1. The molecule has 1 aromatic rings. The number of rotatable bonds is 2. The van der Waals surface area contributed by atoms with Crippen LogP contribution >= 0.6 is 15.9 Å². The Kier molecular flexibility index (Phi) is 4.37. The minimum absolute atomic E-state index is 0.0699. The van der Waals surface area contributed by atoms with E-state index in [1.165, 1.54) is 0 Å². The van der Waals surface area contributed by atoms with Gasteiger partial charge in [-0.2, -0.15) is 0 Å². The van der Waals surface area contributed by atoms with E-state index in [2.05, 4.69) is 21.2 Å². The van der Waals surface area contributed by atoms with E-state index in [1.807, 2.05) is 25.1 Å². The van der Waals surface area contributed by atoms with Gasteiger partial charge in [0.1, 0.15) is 6.04 Å². The van der Waals surface area contributed by atoms with Crippen LogP contribution in [0.4, 0.5) is 5.69 Å². The zero-order chi connectivity index (χ0) is 13.1. The van der Waals surface area contributed by atoms with E-state index in [0.717, 1.165) is 28.7 Å². The molecule has 1 saturated heterocycles. The second-order valence-electron chi connectivity index (χ2n) is 4.49. The zero-order valence-electron chi connectivity index (χ0n) is 10.3. The fourth-order valence-corrected chi connectivity index (χ4v) is 2.82. The maximum atomic E-state index is 12.3. The van der Waals surface area contributed by atoms with Gasteiger partial charge in [-0.3, -0.25) is 4.79 Å². The number of hydrogen-bond acceptors (Lipinski definition) is 3. The summed E-state index contributed by atoms with van der Waals surface area (Å²) >= 11 is 3.50. The average molecular weight is 313 g/mol. The van der Waals surface area contributed by atoms with Crippen molar-refractivity contribution in [2.24, 2.45) is 0 Å². The molecule has 1 atom stereocenters. The lowest BCUT2D eigenvalue weighted by molar-refractivity contribution is -0.121. The molecule has 2 N–H and O–H groups in total. The van der Waals surface area contributed by atoms with E-state index in [1.54, 1.807) is 4.90 Å². The Hall–Kier alpha value is -0.910. The minimum Gasteiger partial charge on any atom is -0.394 e. The van der Waals surface area contributed by atoms with Crippen LogP contribution < -0.4 is 10.2 Å². The zero-order valence-corrected chi connectivity index (χ0v) is 11.9. The van der Waals surface area contributed by atoms with Gasteiger partial charge in [-0.05, 0) is 53.5 Å². The maximum Gasteiger partial charge on any atom is 0.246 e. The molecule has 1 aliphatic heterocycles. The largest absolute Gasteiger partial charge is 0.394 e. The van der Waals surface area contributed by atoms with Gasteiger partial charge in [0.15, 0.2) is 0 Å². The van der Waals surface area contributed by atoms with Crippen LogP contribution in [-0.2, 0) is 4.79 Å². The Balaban J connectivity index is 2.32. The van der Waals surface area contributed by atoms with Gasteiger partial charge in [0, 0.05) is 11.0 Å². The number of aryl methyl sites for hydroxylation is 1. The van der Waals surface area contributed by atoms with Crippen molar-refractivity contribution in [1.82, 2.24) is 5.32 Å². The van der Waals surface area contributed by atoms with Gasteiger partial charge in [-0.15, -0.1) is 0 Å². The molecule has 1 aliphatic rings. The predicted molar refractivity (Wildman–Crippen MR) is 74.7 cm³/mol. The molecule has 0 bridgehead atoms. The summed E-state index contributed by atoms with van der Waals surface area (Å²) in [4.78, 5) is 14.0. The van der Waals surface area contributed by atoms with Gasteiger partial charge in [0.2, 0.25) is 5.91 Å². The Bertz CT molecular complexity index is 451. The van der Waals surface area contributed by atoms with Crippen LogP contribution in [0.25, 0.3) is 0 Å². The second kappa shape index (κ2) is 5.82. The van der Waals surface area contributed by atoms with Gasteiger partial charge in [0.25, 0.3) is 0 Å². The van der Waals surface area contributed by atoms with Gasteiger partial charge in [-0.1, -0.05) is 6.07 Å². The molecular formula is C13H17BrN2O2. The monoisotopic (exact) mass is 312 g/mol. The molecule has 18 heavy (non-hydrogen) atoms. The smallest absolute Gasteiger partial charge is 0.246 e. The van der Waals surface area contributed by atoms with Crippen molar-refractivity contribution in [2.45, 2.75) is 19.4 Å². The maximum absolute atomic E-state index is 12.3. The highest BCUT2D eigenvalue weighted by molar-refractivity contribution is 9.10.